The Morgan fingerprint density at radius 2 is 1.90 bits per heavy atom. The highest BCUT2D eigenvalue weighted by atomic mass is 35.5. The van der Waals surface area contributed by atoms with E-state index in [9.17, 15) is 21.6 Å². The zero-order valence-corrected chi connectivity index (χ0v) is 18.0. The molecule has 2 N–H and O–H groups in total. The molecule has 170 valence electrons. The molecule has 0 aromatic heterocycles. The average Bonchev–Trinajstić information content (AvgIpc) is 3.12. The monoisotopic (exact) mass is 478 g/mol. The van der Waals surface area contributed by atoms with Gasteiger partial charge >= 0.3 is 6.18 Å². The lowest BCUT2D eigenvalue weighted by molar-refractivity contribution is -0.137. The van der Waals surface area contributed by atoms with Crippen LogP contribution in [0.1, 0.15) is 17.5 Å². The normalized spacial score (nSPS) is 17.8. The molecular formula is C20H22ClF3N2O4S. The maximum Gasteiger partial charge on any atom is 0.416 e. The van der Waals surface area contributed by atoms with Crippen molar-refractivity contribution in [2.75, 3.05) is 26.3 Å². The molecule has 0 amide bonds. The minimum atomic E-state index is -4.67. The van der Waals surface area contributed by atoms with E-state index in [1.165, 1.54) is 0 Å². The number of alkyl halides is 3. The van der Waals surface area contributed by atoms with Gasteiger partial charge in [0, 0.05) is 25.7 Å². The number of sulfonamides is 1. The van der Waals surface area contributed by atoms with Crippen molar-refractivity contribution in [3.05, 3.63) is 58.6 Å². The fourth-order valence-electron chi connectivity index (χ4n) is 3.35. The summed E-state index contributed by atoms with van der Waals surface area (Å²) < 4.78 is 72.0. The minimum absolute atomic E-state index is 0.0709. The van der Waals surface area contributed by atoms with Crippen LogP contribution in [0.3, 0.4) is 0 Å². The third-order valence-corrected chi connectivity index (χ3v) is 6.83. The van der Waals surface area contributed by atoms with E-state index in [0.29, 0.717) is 37.9 Å². The molecule has 0 aliphatic carbocycles. The topological polar surface area (TPSA) is 78.9 Å². The fraction of sp³-hybridized carbons (Fsp3) is 0.400. The summed E-state index contributed by atoms with van der Waals surface area (Å²) in [4.78, 5) is 1.46. The summed E-state index contributed by atoms with van der Waals surface area (Å²) in [7, 11) is -4.21. The van der Waals surface area contributed by atoms with Gasteiger partial charge in [-0.3, -0.25) is 4.90 Å². The van der Waals surface area contributed by atoms with Gasteiger partial charge < -0.3 is 9.84 Å². The molecule has 11 heteroatoms. The average molecular weight is 479 g/mol. The summed E-state index contributed by atoms with van der Waals surface area (Å²) in [5, 5.41) is 8.51. The van der Waals surface area contributed by atoms with E-state index in [2.05, 4.69) is 4.72 Å². The Labute approximate surface area is 183 Å². The van der Waals surface area contributed by atoms with Gasteiger partial charge in [-0.1, -0.05) is 23.7 Å². The van der Waals surface area contributed by atoms with E-state index in [0.717, 1.165) is 17.7 Å². The molecule has 1 aliphatic rings. The first-order valence-electron chi connectivity index (χ1n) is 9.52. The Balaban J connectivity index is 1.62. The number of nitrogens with zero attached hydrogens (tertiary/aromatic N) is 1. The van der Waals surface area contributed by atoms with E-state index >= 15 is 0 Å². The van der Waals surface area contributed by atoms with Crippen molar-refractivity contribution >= 4 is 21.6 Å². The number of nitrogens with one attached hydrogen (secondary N) is 1. The molecule has 3 rings (SSSR count). The lowest BCUT2D eigenvalue weighted by Crippen LogP contribution is -2.37. The van der Waals surface area contributed by atoms with Gasteiger partial charge in [0.2, 0.25) is 10.0 Å². The van der Waals surface area contributed by atoms with E-state index in [1.54, 1.807) is 12.1 Å². The highest BCUT2D eigenvalue weighted by Crippen LogP contribution is 2.33. The zero-order valence-electron chi connectivity index (χ0n) is 16.4. The molecule has 0 radical (unpaired) electrons. The molecule has 1 saturated heterocycles. The van der Waals surface area contributed by atoms with Crippen LogP contribution < -0.4 is 9.46 Å². The van der Waals surface area contributed by atoms with Crippen molar-refractivity contribution in [3.63, 3.8) is 0 Å². The summed E-state index contributed by atoms with van der Waals surface area (Å²) >= 11 is 5.88. The molecule has 2 aromatic rings. The third-order valence-electron chi connectivity index (χ3n) is 4.83. The summed E-state index contributed by atoms with van der Waals surface area (Å²) in [5.74, 6) is 0.642. The highest BCUT2D eigenvalue weighted by molar-refractivity contribution is 7.89. The Bertz CT molecular complexity index is 1000. The smallest absolute Gasteiger partial charge is 0.416 e. The third kappa shape index (κ3) is 6.33. The van der Waals surface area contributed by atoms with Crippen LogP contribution in [0.25, 0.3) is 0 Å². The Hall–Kier alpha value is -1.85. The van der Waals surface area contributed by atoms with Crippen LogP contribution >= 0.6 is 11.6 Å². The minimum Gasteiger partial charge on any atom is -0.491 e. The van der Waals surface area contributed by atoms with Crippen LogP contribution in [-0.2, 0) is 22.7 Å². The van der Waals surface area contributed by atoms with E-state index in [-0.39, 0.29) is 18.2 Å². The number of hydrogen-bond donors (Lipinski definition) is 2. The van der Waals surface area contributed by atoms with Crippen LogP contribution in [0.2, 0.25) is 5.02 Å². The first-order chi connectivity index (χ1) is 14.6. The summed E-state index contributed by atoms with van der Waals surface area (Å²) in [5.41, 5.74) is -0.0717. The number of aliphatic hydroxyl groups is 1. The van der Waals surface area contributed by atoms with Gasteiger partial charge in [0.1, 0.15) is 17.3 Å². The molecule has 2 aromatic carbocycles. The summed E-state index contributed by atoms with van der Waals surface area (Å²) in [6, 6.07) is 9.14. The zero-order chi connectivity index (χ0) is 22.6. The first-order valence-corrected chi connectivity index (χ1v) is 11.4. The molecule has 1 fully saturated rings. The molecule has 0 bridgehead atoms. The standard InChI is InChI=1S/C20H22ClF3N2O4S/c21-18-6-3-15(20(22,23)24)11-19(18)31(28,29)25-16-7-8-26(13-16)12-14-1-4-17(5-2-14)30-10-9-27/h1-6,11,16,25,27H,7-10,12-13H2/t16-/m0/s1. The van der Waals surface area contributed by atoms with E-state index < -0.39 is 32.7 Å². The lowest BCUT2D eigenvalue weighted by atomic mass is 10.2. The molecule has 1 atom stereocenters. The number of benzene rings is 2. The first kappa shape index (κ1) is 23.8. The molecule has 0 saturated carbocycles. The van der Waals surface area contributed by atoms with Crippen LogP contribution in [0.4, 0.5) is 13.2 Å². The maximum atomic E-state index is 13.0. The predicted molar refractivity (Wildman–Crippen MR) is 109 cm³/mol. The molecule has 0 unspecified atom stereocenters. The predicted octanol–water partition coefficient (Wildman–Crippen LogP) is 3.28. The van der Waals surface area contributed by atoms with Crippen LogP contribution in [0.15, 0.2) is 47.4 Å². The van der Waals surface area contributed by atoms with Gasteiger partial charge in [0.15, 0.2) is 0 Å². The fourth-order valence-corrected chi connectivity index (χ4v) is 5.14. The number of hydrogen-bond acceptors (Lipinski definition) is 5. The van der Waals surface area contributed by atoms with E-state index in [1.807, 2.05) is 17.0 Å². The van der Waals surface area contributed by atoms with Crippen molar-refractivity contribution in [1.29, 1.82) is 0 Å². The van der Waals surface area contributed by atoms with Crippen molar-refractivity contribution in [3.8, 4) is 5.75 Å². The van der Waals surface area contributed by atoms with Crippen LogP contribution in [0, 0.1) is 0 Å². The van der Waals surface area contributed by atoms with Crippen LogP contribution in [0.5, 0.6) is 5.75 Å². The molecule has 1 heterocycles. The second kappa shape index (κ2) is 9.74. The van der Waals surface area contributed by atoms with Gasteiger partial charge in [-0.05, 0) is 42.3 Å². The quantitative estimate of drug-likeness (QED) is 0.609. The maximum absolute atomic E-state index is 13.0. The second-order valence-corrected chi connectivity index (χ2v) is 9.29. The summed E-state index contributed by atoms with van der Waals surface area (Å²) in [6.45, 7) is 1.77. The Morgan fingerprint density at radius 3 is 2.55 bits per heavy atom. The number of ether oxygens (including phenoxy) is 1. The van der Waals surface area contributed by atoms with Gasteiger partial charge in [-0.25, -0.2) is 13.1 Å². The van der Waals surface area contributed by atoms with Gasteiger partial charge in [-0.2, -0.15) is 13.2 Å². The Morgan fingerprint density at radius 1 is 1.19 bits per heavy atom. The number of likely N-dealkylation sites (tertiary alicyclic amines) is 1. The second-order valence-electron chi connectivity index (χ2n) is 7.20. The molecule has 31 heavy (non-hydrogen) atoms. The largest absolute Gasteiger partial charge is 0.491 e. The molecule has 6 nitrogen and oxygen atoms in total. The number of rotatable bonds is 8. The van der Waals surface area contributed by atoms with Crippen molar-refractivity contribution in [2.24, 2.45) is 0 Å². The SMILES string of the molecule is O=S(=O)(N[C@H]1CCN(Cc2ccc(OCCO)cc2)C1)c1cc(C(F)(F)F)ccc1Cl. The van der Waals surface area contributed by atoms with Gasteiger partial charge in [0.25, 0.3) is 0 Å². The lowest BCUT2D eigenvalue weighted by Gasteiger charge is -2.18. The number of halogens is 4. The van der Waals surface area contributed by atoms with Crippen molar-refractivity contribution in [1.82, 2.24) is 9.62 Å². The Kier molecular flexibility index (Phi) is 7.48. The van der Waals surface area contributed by atoms with Gasteiger partial charge in [-0.15, -0.1) is 0 Å². The summed E-state index contributed by atoms with van der Waals surface area (Å²) in [6.07, 6.45) is -4.15. The van der Waals surface area contributed by atoms with Crippen LogP contribution in [-0.4, -0.2) is 50.8 Å². The number of aliphatic hydroxyl groups excluding tert-OH is 1. The molecule has 1 aliphatic heterocycles. The molecule has 0 spiro atoms. The van der Waals surface area contributed by atoms with Crippen molar-refractivity contribution < 1.29 is 31.4 Å². The highest BCUT2D eigenvalue weighted by Gasteiger charge is 2.34. The van der Waals surface area contributed by atoms with Crippen molar-refractivity contribution in [2.45, 2.75) is 30.1 Å². The van der Waals surface area contributed by atoms with E-state index in [4.69, 9.17) is 21.4 Å². The van der Waals surface area contributed by atoms with Gasteiger partial charge in [0.05, 0.1) is 17.2 Å². The molecular weight excluding hydrogens is 457 g/mol.